The fourth-order valence-electron chi connectivity index (χ4n) is 2.36. The Hall–Kier alpha value is -2.67. The number of anilines is 1. The third kappa shape index (κ3) is 3.80. The van der Waals surface area contributed by atoms with E-state index < -0.39 is 0 Å². The minimum atomic E-state index is -0.168. The van der Waals surface area contributed by atoms with Crippen LogP contribution in [-0.2, 0) is 11.2 Å². The van der Waals surface area contributed by atoms with Crippen LogP contribution in [0.2, 0.25) is 0 Å². The average Bonchev–Trinajstić information content (AvgIpc) is 3.14. The number of carbonyl (C=O) groups excluding carboxylic acids is 2. The Morgan fingerprint density at radius 2 is 2.17 bits per heavy atom. The number of fused-ring (bicyclic) bond motifs is 1. The van der Waals surface area contributed by atoms with Gasteiger partial charge in [0, 0.05) is 24.9 Å². The number of hydrogen-bond acceptors (Lipinski definition) is 5. The van der Waals surface area contributed by atoms with Crippen molar-refractivity contribution >= 4 is 38.5 Å². The van der Waals surface area contributed by atoms with E-state index >= 15 is 0 Å². The highest BCUT2D eigenvalue weighted by atomic mass is 32.1. The van der Waals surface area contributed by atoms with Crippen LogP contribution < -0.4 is 10.6 Å². The molecular weight excluding hydrogens is 326 g/mol. The van der Waals surface area contributed by atoms with Crippen molar-refractivity contribution in [1.82, 2.24) is 10.3 Å². The first-order chi connectivity index (χ1) is 11.5. The molecule has 3 aromatic rings. The Morgan fingerprint density at radius 1 is 1.33 bits per heavy atom. The molecule has 0 fully saturated rings. The largest absolute Gasteiger partial charge is 0.469 e. The monoisotopic (exact) mass is 343 g/mol. The zero-order chi connectivity index (χ0) is 17.1. The molecule has 24 heavy (non-hydrogen) atoms. The summed E-state index contributed by atoms with van der Waals surface area (Å²) in [5.74, 6) is 0.518. The second-order valence-electron chi connectivity index (χ2n) is 5.54. The van der Waals surface area contributed by atoms with Crippen molar-refractivity contribution in [3.8, 4) is 0 Å². The molecule has 3 rings (SSSR count). The van der Waals surface area contributed by atoms with E-state index in [-0.39, 0.29) is 17.9 Å². The Labute approximate surface area is 142 Å². The van der Waals surface area contributed by atoms with Crippen molar-refractivity contribution in [1.29, 1.82) is 0 Å². The number of hydrogen-bond donors (Lipinski definition) is 2. The van der Waals surface area contributed by atoms with Gasteiger partial charge in [-0.3, -0.25) is 9.59 Å². The maximum atomic E-state index is 12.4. The highest BCUT2D eigenvalue weighted by Gasteiger charge is 2.13. The smallest absolute Gasteiger partial charge is 0.251 e. The van der Waals surface area contributed by atoms with Crippen molar-refractivity contribution in [2.75, 3.05) is 5.32 Å². The summed E-state index contributed by atoms with van der Waals surface area (Å²) >= 11 is 1.34. The fourth-order valence-corrected chi connectivity index (χ4v) is 3.31. The Morgan fingerprint density at radius 3 is 2.88 bits per heavy atom. The van der Waals surface area contributed by atoms with Gasteiger partial charge in [-0.1, -0.05) is 11.3 Å². The summed E-state index contributed by atoms with van der Waals surface area (Å²) < 4.78 is 6.14. The number of rotatable bonds is 5. The van der Waals surface area contributed by atoms with Gasteiger partial charge < -0.3 is 15.1 Å². The number of nitrogens with zero attached hydrogens (tertiary/aromatic N) is 1. The number of thiazole rings is 1. The normalized spacial score (nSPS) is 12.1. The molecule has 0 saturated carbocycles. The number of furan rings is 1. The van der Waals surface area contributed by atoms with Crippen LogP contribution in [0.3, 0.4) is 0 Å². The van der Waals surface area contributed by atoms with E-state index in [2.05, 4.69) is 15.6 Å². The first-order valence-corrected chi connectivity index (χ1v) is 8.34. The quantitative estimate of drug-likeness (QED) is 0.745. The van der Waals surface area contributed by atoms with E-state index in [0.717, 1.165) is 16.0 Å². The van der Waals surface area contributed by atoms with Gasteiger partial charge in [-0.2, -0.15) is 0 Å². The van der Waals surface area contributed by atoms with E-state index in [0.29, 0.717) is 17.1 Å². The topological polar surface area (TPSA) is 84.2 Å². The fraction of sp³-hybridized carbons (Fsp3) is 0.235. The maximum absolute atomic E-state index is 12.4. The number of carbonyl (C=O) groups is 2. The van der Waals surface area contributed by atoms with Crippen LogP contribution in [-0.4, -0.2) is 22.8 Å². The molecule has 1 atom stereocenters. The van der Waals surface area contributed by atoms with Gasteiger partial charge in [-0.25, -0.2) is 4.98 Å². The molecule has 0 aliphatic carbocycles. The summed E-state index contributed by atoms with van der Waals surface area (Å²) in [6, 6.07) is 8.96. The molecule has 1 unspecified atom stereocenters. The van der Waals surface area contributed by atoms with E-state index in [1.165, 1.54) is 18.3 Å². The van der Waals surface area contributed by atoms with Crippen molar-refractivity contribution in [3.63, 3.8) is 0 Å². The lowest BCUT2D eigenvalue weighted by molar-refractivity contribution is -0.114. The molecule has 7 heteroatoms. The van der Waals surface area contributed by atoms with Crippen molar-refractivity contribution < 1.29 is 14.0 Å². The van der Waals surface area contributed by atoms with Gasteiger partial charge in [0.05, 0.1) is 16.5 Å². The third-order valence-electron chi connectivity index (χ3n) is 3.40. The van der Waals surface area contributed by atoms with Crippen LogP contribution in [0.25, 0.3) is 10.2 Å². The van der Waals surface area contributed by atoms with E-state index in [9.17, 15) is 9.59 Å². The molecule has 2 amide bonds. The summed E-state index contributed by atoms with van der Waals surface area (Å²) in [4.78, 5) is 27.8. The summed E-state index contributed by atoms with van der Waals surface area (Å²) in [6.07, 6.45) is 2.25. The third-order valence-corrected chi connectivity index (χ3v) is 4.33. The first-order valence-electron chi connectivity index (χ1n) is 7.52. The number of benzene rings is 1. The molecule has 6 nitrogen and oxygen atoms in total. The summed E-state index contributed by atoms with van der Waals surface area (Å²) in [5.41, 5.74) is 1.32. The van der Waals surface area contributed by atoms with Crippen LogP contribution in [0.5, 0.6) is 0 Å². The summed E-state index contributed by atoms with van der Waals surface area (Å²) in [6.45, 7) is 3.37. The Bertz CT molecular complexity index is 870. The molecule has 0 spiro atoms. The summed E-state index contributed by atoms with van der Waals surface area (Å²) in [7, 11) is 0. The lowest BCUT2D eigenvalue weighted by Crippen LogP contribution is -2.33. The number of nitrogens with one attached hydrogen (secondary N) is 2. The van der Waals surface area contributed by atoms with Gasteiger partial charge in [0.2, 0.25) is 5.91 Å². The number of amides is 2. The molecule has 0 saturated heterocycles. The van der Waals surface area contributed by atoms with Crippen molar-refractivity contribution in [2.24, 2.45) is 0 Å². The maximum Gasteiger partial charge on any atom is 0.251 e. The van der Waals surface area contributed by atoms with Crippen molar-refractivity contribution in [3.05, 3.63) is 47.9 Å². The summed E-state index contributed by atoms with van der Waals surface area (Å²) in [5, 5.41) is 6.14. The molecule has 2 heterocycles. The van der Waals surface area contributed by atoms with Gasteiger partial charge >= 0.3 is 0 Å². The lowest BCUT2D eigenvalue weighted by Gasteiger charge is -2.12. The highest BCUT2D eigenvalue weighted by Crippen LogP contribution is 2.26. The predicted molar refractivity (Wildman–Crippen MR) is 93.3 cm³/mol. The molecular formula is C17H17N3O3S. The van der Waals surface area contributed by atoms with Gasteiger partial charge in [0.25, 0.3) is 5.91 Å². The number of aromatic nitrogens is 1. The SMILES string of the molecule is CC(=O)Nc1nc2ccc(C(=O)NC(C)Cc3ccco3)cc2s1. The first kappa shape index (κ1) is 16.2. The van der Waals surface area contributed by atoms with Crippen LogP contribution >= 0.6 is 11.3 Å². The minimum absolute atomic E-state index is 0.0456. The van der Waals surface area contributed by atoms with E-state index in [4.69, 9.17) is 4.42 Å². The zero-order valence-corrected chi connectivity index (χ0v) is 14.1. The molecule has 0 aliphatic rings. The molecule has 2 aromatic heterocycles. The average molecular weight is 343 g/mol. The van der Waals surface area contributed by atoms with Crippen LogP contribution in [0.15, 0.2) is 41.0 Å². The Kier molecular flexibility index (Phi) is 4.61. The highest BCUT2D eigenvalue weighted by molar-refractivity contribution is 7.22. The molecule has 0 radical (unpaired) electrons. The molecule has 124 valence electrons. The predicted octanol–water partition coefficient (Wildman–Crippen LogP) is 3.21. The van der Waals surface area contributed by atoms with Gasteiger partial charge in [-0.05, 0) is 37.3 Å². The minimum Gasteiger partial charge on any atom is -0.469 e. The van der Waals surface area contributed by atoms with Crippen LogP contribution in [0, 0.1) is 0 Å². The standard InChI is InChI=1S/C17H17N3O3S/c1-10(8-13-4-3-7-23-13)18-16(22)12-5-6-14-15(9-12)24-17(20-14)19-11(2)21/h3-7,9-10H,8H2,1-2H3,(H,18,22)(H,19,20,21). The van der Waals surface area contributed by atoms with Crippen LogP contribution in [0.4, 0.5) is 5.13 Å². The van der Waals surface area contributed by atoms with Gasteiger partial charge in [-0.15, -0.1) is 0 Å². The second-order valence-corrected chi connectivity index (χ2v) is 6.57. The second kappa shape index (κ2) is 6.84. The van der Waals surface area contributed by atoms with E-state index in [1.807, 2.05) is 19.1 Å². The van der Waals surface area contributed by atoms with Gasteiger partial charge in [0.15, 0.2) is 5.13 Å². The van der Waals surface area contributed by atoms with E-state index in [1.54, 1.807) is 24.5 Å². The molecule has 1 aromatic carbocycles. The van der Waals surface area contributed by atoms with Crippen molar-refractivity contribution in [2.45, 2.75) is 26.3 Å². The van der Waals surface area contributed by atoms with Gasteiger partial charge in [0.1, 0.15) is 5.76 Å². The lowest BCUT2D eigenvalue weighted by atomic mass is 10.1. The molecule has 2 N–H and O–H groups in total. The van der Waals surface area contributed by atoms with Crippen LogP contribution in [0.1, 0.15) is 30.0 Å². The molecule has 0 bridgehead atoms. The Balaban J connectivity index is 1.71. The zero-order valence-electron chi connectivity index (χ0n) is 13.3. The molecule has 0 aliphatic heterocycles.